The quantitative estimate of drug-likeness (QED) is 0.770. The second-order valence-electron chi connectivity index (χ2n) is 7.29. The van der Waals surface area contributed by atoms with Gasteiger partial charge in [0.05, 0.1) is 12.5 Å². The fraction of sp³-hybridized carbons (Fsp3) is 0.524. The van der Waals surface area contributed by atoms with Crippen LogP contribution in [-0.4, -0.2) is 42.4 Å². The molecule has 2 aliphatic rings. The molecule has 26 heavy (non-hydrogen) atoms. The fourth-order valence-electron chi connectivity index (χ4n) is 3.70. The second-order valence-corrected chi connectivity index (χ2v) is 7.29. The minimum Gasteiger partial charge on any atom is -0.353 e. The number of hydrogen-bond acceptors (Lipinski definition) is 3. The minimum absolute atomic E-state index is 0.0446. The molecule has 0 radical (unpaired) electrons. The molecule has 1 unspecified atom stereocenters. The average molecular weight is 355 g/mol. The Hall–Kier alpha value is -2.14. The maximum atomic E-state index is 12.4. The Morgan fingerprint density at radius 3 is 2.92 bits per heavy atom. The van der Waals surface area contributed by atoms with Crippen LogP contribution in [0.5, 0.6) is 0 Å². The molecule has 1 heterocycles. The lowest BCUT2D eigenvalue weighted by Crippen LogP contribution is -2.56. The van der Waals surface area contributed by atoms with E-state index in [0.717, 1.165) is 19.4 Å². The third kappa shape index (κ3) is 4.94. The number of hydrogen-bond donors (Lipinski definition) is 2. The van der Waals surface area contributed by atoms with Crippen molar-refractivity contribution in [2.75, 3.05) is 19.6 Å². The highest BCUT2D eigenvalue weighted by atomic mass is 16.2. The number of piperazine rings is 1. The standard InChI is InChI=1S/C21H29N3O2/c1-16-7-5-6-10-18(16)15-24-12-11-22-21(26)19(24)13-20(25)23-14-17-8-3-2-4-9-17/h5-8,10,19H,2-4,9,11-15H2,1H3,(H,22,26)(H,23,25). The predicted octanol–water partition coefficient (Wildman–Crippen LogP) is 2.30. The third-order valence-electron chi connectivity index (χ3n) is 5.35. The van der Waals surface area contributed by atoms with E-state index in [0.29, 0.717) is 19.6 Å². The number of aryl methyl sites for hydroxylation is 1. The normalized spacial score (nSPS) is 21.0. The van der Waals surface area contributed by atoms with Gasteiger partial charge in [0.25, 0.3) is 0 Å². The highest BCUT2D eigenvalue weighted by Crippen LogP contribution is 2.18. The lowest BCUT2D eigenvalue weighted by Gasteiger charge is -2.35. The van der Waals surface area contributed by atoms with E-state index in [4.69, 9.17) is 0 Å². The molecule has 140 valence electrons. The van der Waals surface area contributed by atoms with Gasteiger partial charge in [0, 0.05) is 26.2 Å². The Kier molecular flexibility index (Phi) is 6.45. The molecule has 1 atom stereocenters. The van der Waals surface area contributed by atoms with Crippen molar-refractivity contribution in [2.24, 2.45) is 0 Å². The van der Waals surface area contributed by atoms with Crippen molar-refractivity contribution < 1.29 is 9.59 Å². The Bertz CT molecular complexity index is 684. The molecule has 1 fully saturated rings. The summed E-state index contributed by atoms with van der Waals surface area (Å²) in [6.07, 6.45) is 7.08. The number of nitrogens with zero attached hydrogens (tertiary/aromatic N) is 1. The molecule has 1 aromatic rings. The fourth-order valence-corrected chi connectivity index (χ4v) is 3.70. The molecule has 1 aliphatic heterocycles. The summed E-state index contributed by atoms with van der Waals surface area (Å²) >= 11 is 0. The monoisotopic (exact) mass is 355 g/mol. The first-order chi connectivity index (χ1) is 12.6. The van der Waals surface area contributed by atoms with Crippen molar-refractivity contribution in [3.05, 3.63) is 47.0 Å². The van der Waals surface area contributed by atoms with E-state index in [-0.39, 0.29) is 18.2 Å². The zero-order chi connectivity index (χ0) is 18.4. The minimum atomic E-state index is -0.399. The van der Waals surface area contributed by atoms with E-state index >= 15 is 0 Å². The van der Waals surface area contributed by atoms with Crippen LogP contribution in [0, 0.1) is 6.92 Å². The van der Waals surface area contributed by atoms with Crippen molar-refractivity contribution >= 4 is 11.8 Å². The third-order valence-corrected chi connectivity index (χ3v) is 5.35. The molecule has 0 saturated carbocycles. The van der Waals surface area contributed by atoms with Gasteiger partial charge in [-0.25, -0.2) is 0 Å². The molecule has 2 amide bonds. The summed E-state index contributed by atoms with van der Waals surface area (Å²) in [6.45, 7) is 4.80. The second kappa shape index (κ2) is 8.99. The number of carbonyl (C=O) groups excluding carboxylic acids is 2. The van der Waals surface area contributed by atoms with Crippen molar-refractivity contribution in [2.45, 2.75) is 51.6 Å². The smallest absolute Gasteiger partial charge is 0.237 e. The Morgan fingerprint density at radius 1 is 1.31 bits per heavy atom. The first-order valence-electron chi connectivity index (χ1n) is 9.64. The molecule has 0 aromatic heterocycles. The SMILES string of the molecule is Cc1ccccc1CN1CCNC(=O)C1CC(=O)NCC1=CCCCC1. The van der Waals surface area contributed by atoms with Crippen LogP contribution >= 0.6 is 0 Å². The number of allylic oxidation sites excluding steroid dienone is 1. The average Bonchev–Trinajstić information content (AvgIpc) is 2.65. The van der Waals surface area contributed by atoms with Crippen LogP contribution in [0.1, 0.15) is 43.2 Å². The maximum Gasteiger partial charge on any atom is 0.237 e. The number of carbonyl (C=O) groups is 2. The topological polar surface area (TPSA) is 61.4 Å². The van der Waals surface area contributed by atoms with Crippen LogP contribution < -0.4 is 10.6 Å². The van der Waals surface area contributed by atoms with Crippen LogP contribution in [0.25, 0.3) is 0 Å². The molecular weight excluding hydrogens is 326 g/mol. The van der Waals surface area contributed by atoms with Crippen LogP contribution in [0.2, 0.25) is 0 Å². The first kappa shape index (κ1) is 18.6. The summed E-state index contributed by atoms with van der Waals surface area (Å²) in [5, 5.41) is 5.90. The Morgan fingerprint density at radius 2 is 2.15 bits per heavy atom. The van der Waals surface area contributed by atoms with Gasteiger partial charge in [0.2, 0.25) is 11.8 Å². The molecule has 5 heteroatoms. The van der Waals surface area contributed by atoms with Gasteiger partial charge in [0.1, 0.15) is 0 Å². The van der Waals surface area contributed by atoms with Crippen molar-refractivity contribution in [1.82, 2.24) is 15.5 Å². The maximum absolute atomic E-state index is 12.4. The zero-order valence-electron chi connectivity index (χ0n) is 15.6. The van der Waals surface area contributed by atoms with Crippen LogP contribution in [0.15, 0.2) is 35.9 Å². The van der Waals surface area contributed by atoms with Gasteiger partial charge in [0.15, 0.2) is 0 Å². The highest BCUT2D eigenvalue weighted by Gasteiger charge is 2.31. The summed E-state index contributed by atoms with van der Waals surface area (Å²) in [7, 11) is 0. The Labute approximate surface area is 155 Å². The summed E-state index contributed by atoms with van der Waals surface area (Å²) < 4.78 is 0. The van der Waals surface area contributed by atoms with Gasteiger partial charge in [-0.3, -0.25) is 14.5 Å². The van der Waals surface area contributed by atoms with Gasteiger partial charge < -0.3 is 10.6 Å². The number of nitrogens with one attached hydrogen (secondary N) is 2. The first-order valence-corrected chi connectivity index (χ1v) is 9.64. The van der Waals surface area contributed by atoms with Crippen molar-refractivity contribution in [1.29, 1.82) is 0 Å². The summed E-state index contributed by atoms with van der Waals surface area (Å²) in [5.74, 6) is -0.0924. The van der Waals surface area contributed by atoms with E-state index in [9.17, 15) is 9.59 Å². The van der Waals surface area contributed by atoms with Gasteiger partial charge in [-0.15, -0.1) is 0 Å². The van der Waals surface area contributed by atoms with E-state index < -0.39 is 6.04 Å². The molecular formula is C21H29N3O2. The van der Waals surface area contributed by atoms with Crippen LogP contribution in [-0.2, 0) is 16.1 Å². The number of amides is 2. The van der Waals surface area contributed by atoms with Gasteiger partial charge >= 0.3 is 0 Å². The molecule has 1 aliphatic carbocycles. The predicted molar refractivity (Wildman–Crippen MR) is 103 cm³/mol. The van der Waals surface area contributed by atoms with Crippen molar-refractivity contribution in [3.63, 3.8) is 0 Å². The lowest BCUT2D eigenvalue weighted by atomic mass is 9.99. The molecule has 0 spiro atoms. The number of rotatable bonds is 6. The summed E-state index contributed by atoms with van der Waals surface area (Å²) in [6, 6.07) is 7.81. The summed E-state index contributed by atoms with van der Waals surface area (Å²) in [5.41, 5.74) is 3.74. The van der Waals surface area contributed by atoms with Crippen LogP contribution in [0.3, 0.4) is 0 Å². The largest absolute Gasteiger partial charge is 0.353 e. The van der Waals surface area contributed by atoms with Gasteiger partial charge in [-0.2, -0.15) is 0 Å². The molecule has 0 bridgehead atoms. The zero-order valence-corrected chi connectivity index (χ0v) is 15.6. The van der Waals surface area contributed by atoms with E-state index in [1.54, 1.807) is 0 Å². The van der Waals surface area contributed by atoms with E-state index in [1.807, 2.05) is 12.1 Å². The van der Waals surface area contributed by atoms with E-state index in [2.05, 4.69) is 40.7 Å². The molecule has 1 saturated heterocycles. The van der Waals surface area contributed by atoms with E-state index in [1.165, 1.54) is 29.5 Å². The molecule has 2 N–H and O–H groups in total. The van der Waals surface area contributed by atoms with Crippen LogP contribution in [0.4, 0.5) is 0 Å². The summed E-state index contributed by atoms with van der Waals surface area (Å²) in [4.78, 5) is 26.9. The lowest BCUT2D eigenvalue weighted by molar-refractivity contribution is -0.134. The molecule has 5 nitrogen and oxygen atoms in total. The van der Waals surface area contributed by atoms with Gasteiger partial charge in [-0.05, 0) is 43.7 Å². The van der Waals surface area contributed by atoms with Gasteiger partial charge in [-0.1, -0.05) is 35.9 Å². The van der Waals surface area contributed by atoms with Crippen molar-refractivity contribution in [3.8, 4) is 0 Å². The number of benzene rings is 1. The Balaban J connectivity index is 1.59. The highest BCUT2D eigenvalue weighted by molar-refractivity contribution is 5.88. The molecule has 1 aromatic carbocycles. The molecule has 3 rings (SSSR count).